The van der Waals surface area contributed by atoms with Gasteiger partial charge in [-0.25, -0.2) is 0 Å². The van der Waals surface area contributed by atoms with E-state index in [1.165, 1.54) is 23.5 Å². The molecule has 0 unspecified atom stereocenters. The molecule has 0 fully saturated rings. The van der Waals surface area contributed by atoms with Crippen LogP contribution in [0.25, 0.3) is 11.1 Å². The minimum Gasteiger partial charge on any atom is -0.510 e. The number of benzene rings is 1. The number of allylic oxidation sites excluding steroid dienone is 1. The van der Waals surface area contributed by atoms with Gasteiger partial charge in [0, 0.05) is 17.1 Å². The lowest BCUT2D eigenvalue weighted by Gasteiger charge is -2.50. The fourth-order valence-electron chi connectivity index (χ4n) is 5.94. The van der Waals surface area contributed by atoms with E-state index in [2.05, 4.69) is 0 Å². The number of aromatic hydroxyl groups is 1. The number of nitrogens with zero attached hydrogens (tertiary/aromatic N) is 1. The van der Waals surface area contributed by atoms with Crippen molar-refractivity contribution in [3.05, 3.63) is 64.5 Å². The van der Waals surface area contributed by atoms with Crippen LogP contribution in [0.15, 0.2) is 57.8 Å². The van der Waals surface area contributed by atoms with E-state index in [9.17, 15) is 34.8 Å². The molecule has 1 aromatic heterocycles. The van der Waals surface area contributed by atoms with Gasteiger partial charge >= 0.3 is 0 Å². The highest BCUT2D eigenvalue weighted by atomic mass is 16.3. The van der Waals surface area contributed by atoms with Crippen LogP contribution in [0.5, 0.6) is 5.75 Å². The van der Waals surface area contributed by atoms with E-state index >= 15 is 0 Å². The van der Waals surface area contributed by atoms with Crippen LogP contribution >= 0.6 is 0 Å². The summed E-state index contributed by atoms with van der Waals surface area (Å²) in [6.07, 6.45) is 3.24. The molecule has 1 heterocycles. The molecule has 0 spiro atoms. The molecule has 35 heavy (non-hydrogen) atoms. The van der Waals surface area contributed by atoms with Gasteiger partial charge in [-0.3, -0.25) is 19.3 Å². The van der Waals surface area contributed by atoms with Crippen molar-refractivity contribution >= 4 is 17.5 Å². The molecule has 0 saturated heterocycles. The lowest BCUT2D eigenvalue weighted by atomic mass is 9.58. The third kappa shape index (κ3) is 2.93. The van der Waals surface area contributed by atoms with Gasteiger partial charge in [-0.15, -0.1) is 0 Å². The molecule has 0 bridgehead atoms. The van der Waals surface area contributed by atoms with Gasteiger partial charge in [-0.2, -0.15) is 0 Å². The second kappa shape index (κ2) is 7.56. The molecule has 1 aromatic carbocycles. The van der Waals surface area contributed by atoms with Gasteiger partial charge in [-0.1, -0.05) is 6.07 Å². The Morgan fingerprint density at radius 1 is 1.17 bits per heavy atom. The van der Waals surface area contributed by atoms with Gasteiger partial charge in [0.25, 0.3) is 5.91 Å². The first kappa shape index (κ1) is 22.9. The number of primary amides is 1. The number of phenols is 1. The number of phenolic OH excluding ortho intramolecular Hbond substituents is 1. The molecule has 0 aliphatic heterocycles. The van der Waals surface area contributed by atoms with Crippen molar-refractivity contribution in [2.75, 3.05) is 14.1 Å². The van der Waals surface area contributed by atoms with Gasteiger partial charge < -0.3 is 30.6 Å². The number of amides is 1. The number of fused-ring (bicyclic) bond motifs is 3. The number of ketones is 2. The monoisotopic (exact) mass is 480 g/mol. The Morgan fingerprint density at radius 2 is 1.89 bits per heavy atom. The predicted octanol–water partition coefficient (Wildman–Crippen LogP) is 1.38. The molecule has 10 heteroatoms. The van der Waals surface area contributed by atoms with E-state index in [1.807, 2.05) is 0 Å². The summed E-state index contributed by atoms with van der Waals surface area (Å²) in [5, 5.41) is 44.2. The van der Waals surface area contributed by atoms with Crippen LogP contribution < -0.4 is 5.73 Å². The van der Waals surface area contributed by atoms with Gasteiger partial charge in [-0.05, 0) is 56.1 Å². The Morgan fingerprint density at radius 3 is 2.49 bits per heavy atom. The van der Waals surface area contributed by atoms with Crippen LogP contribution in [0.1, 0.15) is 22.3 Å². The molecular weight excluding hydrogens is 456 g/mol. The van der Waals surface area contributed by atoms with Crippen molar-refractivity contribution < 1.29 is 39.2 Å². The van der Waals surface area contributed by atoms with E-state index in [1.54, 1.807) is 26.2 Å². The summed E-state index contributed by atoms with van der Waals surface area (Å²) in [5.41, 5.74) is 3.53. The number of hydrogen-bond acceptors (Lipinski definition) is 9. The molecule has 0 saturated carbocycles. The van der Waals surface area contributed by atoms with Gasteiger partial charge in [0.2, 0.25) is 5.78 Å². The SMILES string of the molecule is CN(C)[C@H]1C(O)=C(C(N)=O)C(=O)[C@@]2(O)C(O)=C3C(=O)c4c(O)ccc(-c5ccoc5)c4C[C@@H]3C[C@H]12. The second-order valence-corrected chi connectivity index (χ2v) is 9.46. The summed E-state index contributed by atoms with van der Waals surface area (Å²) < 4.78 is 5.17. The number of carbonyl (C=O) groups excluding carboxylic acids is 3. The van der Waals surface area contributed by atoms with Gasteiger partial charge in [0.05, 0.1) is 24.1 Å². The molecule has 10 nitrogen and oxygen atoms in total. The van der Waals surface area contributed by atoms with E-state index in [4.69, 9.17) is 10.2 Å². The molecule has 3 aliphatic rings. The summed E-state index contributed by atoms with van der Waals surface area (Å²) in [7, 11) is 3.17. The predicted molar refractivity (Wildman–Crippen MR) is 121 cm³/mol. The topological polar surface area (TPSA) is 175 Å². The van der Waals surface area contributed by atoms with E-state index in [0.717, 1.165) is 0 Å². The van der Waals surface area contributed by atoms with Crippen LogP contribution in [0.2, 0.25) is 0 Å². The average Bonchev–Trinajstić information content (AvgIpc) is 3.30. The van der Waals surface area contributed by atoms with Gasteiger partial charge in [0.15, 0.2) is 11.4 Å². The third-order valence-corrected chi connectivity index (χ3v) is 7.44. The molecule has 0 radical (unpaired) electrons. The minimum absolute atomic E-state index is 0.0340. The zero-order chi connectivity index (χ0) is 25.4. The largest absolute Gasteiger partial charge is 0.510 e. The Bertz CT molecular complexity index is 1350. The number of Topliss-reactive ketones (excluding diaryl/α,β-unsaturated/α-hetero) is 2. The number of likely N-dealkylation sites (N-methyl/N-ethyl adjacent to an activating group) is 1. The minimum atomic E-state index is -2.65. The summed E-state index contributed by atoms with van der Waals surface area (Å²) >= 11 is 0. The quantitative estimate of drug-likeness (QED) is 0.406. The molecular formula is C25H24N2O8. The molecule has 1 amide bonds. The molecule has 182 valence electrons. The van der Waals surface area contributed by atoms with E-state index in [0.29, 0.717) is 16.7 Å². The van der Waals surface area contributed by atoms with Crippen molar-refractivity contribution in [1.82, 2.24) is 4.90 Å². The number of aliphatic hydroxyl groups excluding tert-OH is 2. The van der Waals surface area contributed by atoms with Crippen molar-refractivity contribution in [2.45, 2.75) is 24.5 Å². The van der Waals surface area contributed by atoms with Crippen LogP contribution in [0.4, 0.5) is 0 Å². The number of furan rings is 1. The zero-order valence-electron chi connectivity index (χ0n) is 19.0. The summed E-state index contributed by atoms with van der Waals surface area (Å²) in [5.74, 6) is -6.73. The normalized spacial score (nSPS) is 28.2. The van der Waals surface area contributed by atoms with Crippen molar-refractivity contribution in [2.24, 2.45) is 17.6 Å². The summed E-state index contributed by atoms with van der Waals surface area (Å²) in [6, 6.07) is 3.71. The number of carbonyl (C=O) groups is 3. The van der Waals surface area contributed by atoms with Crippen LogP contribution in [0, 0.1) is 11.8 Å². The standard InChI is InChI=1S/C25H24N2O8/c1-27(2)19-14-8-11-7-13-12(10-5-6-35-9-10)3-4-15(28)17(13)20(29)16(11)22(31)25(14,34)23(32)18(21(19)30)24(26)33/h3-6,9,11,14,19,28,30-31,34H,7-8H2,1-2H3,(H2,26,33)/t11-,14-,19-,25+/m1/s1. The van der Waals surface area contributed by atoms with Gasteiger partial charge in [0.1, 0.15) is 22.8 Å². The number of hydrogen-bond donors (Lipinski definition) is 5. The fraction of sp³-hybridized carbons (Fsp3) is 0.320. The number of rotatable bonds is 3. The zero-order valence-corrected chi connectivity index (χ0v) is 19.0. The highest BCUT2D eigenvalue weighted by Crippen LogP contribution is 2.53. The van der Waals surface area contributed by atoms with Crippen molar-refractivity contribution in [3.63, 3.8) is 0 Å². The lowest BCUT2D eigenvalue weighted by molar-refractivity contribution is -0.148. The van der Waals surface area contributed by atoms with Crippen molar-refractivity contribution in [1.29, 1.82) is 0 Å². The Balaban J connectivity index is 1.74. The van der Waals surface area contributed by atoms with Crippen LogP contribution in [-0.2, 0) is 16.0 Å². The smallest absolute Gasteiger partial charge is 0.255 e. The number of aliphatic hydroxyl groups is 3. The third-order valence-electron chi connectivity index (χ3n) is 7.44. The first-order chi connectivity index (χ1) is 16.5. The Labute approximate surface area is 199 Å². The molecule has 4 atom stereocenters. The van der Waals surface area contributed by atoms with Crippen LogP contribution in [0.3, 0.4) is 0 Å². The molecule has 6 N–H and O–H groups in total. The highest BCUT2D eigenvalue weighted by molar-refractivity contribution is 6.24. The summed E-state index contributed by atoms with van der Waals surface area (Å²) in [6.45, 7) is 0. The van der Waals surface area contributed by atoms with Crippen LogP contribution in [-0.4, -0.2) is 68.5 Å². The summed E-state index contributed by atoms with van der Waals surface area (Å²) in [4.78, 5) is 40.4. The lowest BCUT2D eigenvalue weighted by Crippen LogP contribution is -2.63. The maximum atomic E-state index is 13.6. The van der Waals surface area contributed by atoms with E-state index < -0.39 is 58.0 Å². The number of nitrogens with two attached hydrogens (primary N) is 1. The molecule has 2 aromatic rings. The Kier molecular flexibility index (Phi) is 4.94. The maximum absolute atomic E-state index is 13.6. The first-order valence-corrected chi connectivity index (χ1v) is 11.0. The Hall–Kier alpha value is -3.89. The highest BCUT2D eigenvalue weighted by Gasteiger charge is 2.63. The first-order valence-electron chi connectivity index (χ1n) is 11.0. The maximum Gasteiger partial charge on any atom is 0.255 e. The fourth-order valence-corrected chi connectivity index (χ4v) is 5.94. The molecule has 3 aliphatic carbocycles. The average molecular weight is 480 g/mol. The second-order valence-electron chi connectivity index (χ2n) is 9.46. The van der Waals surface area contributed by atoms with Crippen molar-refractivity contribution in [3.8, 4) is 16.9 Å². The van der Waals surface area contributed by atoms with E-state index in [-0.39, 0.29) is 29.7 Å². The molecule has 5 rings (SSSR count).